The van der Waals surface area contributed by atoms with Gasteiger partial charge in [-0.3, -0.25) is 14.7 Å². The first kappa shape index (κ1) is 34.5. The number of terminal acetylenes is 1. The van der Waals surface area contributed by atoms with Crippen molar-refractivity contribution >= 4 is 33.4 Å². The highest BCUT2D eigenvalue weighted by atomic mass is 19.1. The Morgan fingerprint density at radius 1 is 1.12 bits per heavy atom. The summed E-state index contributed by atoms with van der Waals surface area (Å²) in [5.41, 5.74) is -0.0448. The number of phenolic OH excluding ortho intramolecular Hbond substituents is 1. The minimum absolute atomic E-state index is 0.0206. The van der Waals surface area contributed by atoms with Crippen LogP contribution in [0.4, 0.5) is 14.6 Å². The van der Waals surface area contributed by atoms with E-state index in [4.69, 9.17) is 20.9 Å². The number of hydrogen-bond acceptors (Lipinski definition) is 9. The number of carbonyl (C=O) groups is 1. The number of aromatic hydroxyl groups is 1. The van der Waals surface area contributed by atoms with Gasteiger partial charge in [0.1, 0.15) is 28.6 Å². The quantitative estimate of drug-likeness (QED) is 0.223. The van der Waals surface area contributed by atoms with Crippen molar-refractivity contribution < 1.29 is 28.2 Å². The SMILES string of the molecule is C#Cc1c(F)ccc2cc(O)cc(-c3ncc4c(N5CCCOCC5)nc(OC[C@]56CCC[C@H]5N(CC5CN(C(=O)CC)C5)CCC6)nc4c3F)c12. The Morgan fingerprint density at radius 2 is 1.96 bits per heavy atom. The Morgan fingerprint density at radius 3 is 2.79 bits per heavy atom. The number of likely N-dealkylation sites (tertiary alicyclic amines) is 2. The summed E-state index contributed by atoms with van der Waals surface area (Å²) in [5, 5.41) is 11.8. The average molecular weight is 711 g/mol. The van der Waals surface area contributed by atoms with Gasteiger partial charge < -0.3 is 24.4 Å². The largest absolute Gasteiger partial charge is 0.508 e. The number of hydrogen-bond donors (Lipinski definition) is 1. The second-order valence-corrected chi connectivity index (χ2v) is 14.8. The summed E-state index contributed by atoms with van der Waals surface area (Å²) in [5.74, 6) is 2.12. The van der Waals surface area contributed by atoms with Crippen molar-refractivity contribution in [1.82, 2.24) is 24.8 Å². The van der Waals surface area contributed by atoms with Crippen LogP contribution < -0.4 is 9.64 Å². The maximum Gasteiger partial charge on any atom is 0.319 e. The number of benzene rings is 2. The molecule has 2 atom stereocenters. The van der Waals surface area contributed by atoms with Crippen LogP contribution in [0.3, 0.4) is 0 Å². The number of rotatable bonds is 8. The van der Waals surface area contributed by atoms with Gasteiger partial charge in [0.05, 0.1) is 24.2 Å². The van der Waals surface area contributed by atoms with Crippen LogP contribution in [0.15, 0.2) is 30.5 Å². The van der Waals surface area contributed by atoms with E-state index in [0.29, 0.717) is 67.9 Å². The molecule has 1 N–H and O–H groups in total. The molecule has 0 bridgehead atoms. The lowest BCUT2D eigenvalue weighted by molar-refractivity contribution is -0.138. The minimum atomic E-state index is -0.743. The fourth-order valence-electron chi connectivity index (χ4n) is 9.11. The van der Waals surface area contributed by atoms with Crippen LogP contribution >= 0.6 is 0 Å². The van der Waals surface area contributed by atoms with Gasteiger partial charge in [0.25, 0.3) is 0 Å². The van der Waals surface area contributed by atoms with Gasteiger partial charge >= 0.3 is 6.01 Å². The molecular formula is C40H44F2N6O4. The van der Waals surface area contributed by atoms with Crippen molar-refractivity contribution in [3.8, 4) is 35.4 Å². The summed E-state index contributed by atoms with van der Waals surface area (Å²) in [4.78, 5) is 32.9. The number of amides is 1. The van der Waals surface area contributed by atoms with E-state index < -0.39 is 11.6 Å². The molecule has 1 aliphatic carbocycles. The Kier molecular flexibility index (Phi) is 9.34. The Hall–Kier alpha value is -4.60. The zero-order valence-electron chi connectivity index (χ0n) is 29.5. The predicted molar refractivity (Wildman–Crippen MR) is 194 cm³/mol. The molecule has 3 aliphatic heterocycles. The highest BCUT2D eigenvalue weighted by Crippen LogP contribution is 2.48. The minimum Gasteiger partial charge on any atom is -0.508 e. The first-order valence-electron chi connectivity index (χ1n) is 18.5. The molecule has 0 spiro atoms. The Bertz CT molecular complexity index is 2060. The van der Waals surface area contributed by atoms with Gasteiger partial charge in [-0.25, -0.2) is 8.78 Å². The van der Waals surface area contributed by atoms with Crippen molar-refractivity contribution in [2.75, 3.05) is 64.0 Å². The van der Waals surface area contributed by atoms with Crippen LogP contribution in [0.5, 0.6) is 11.8 Å². The van der Waals surface area contributed by atoms with E-state index >= 15 is 4.39 Å². The molecule has 5 heterocycles. The van der Waals surface area contributed by atoms with E-state index in [1.165, 1.54) is 30.5 Å². The molecule has 1 saturated carbocycles. The normalized spacial score (nSPS) is 22.6. The highest BCUT2D eigenvalue weighted by Gasteiger charge is 2.49. The summed E-state index contributed by atoms with van der Waals surface area (Å²) in [6.07, 6.45) is 13.9. The smallest absolute Gasteiger partial charge is 0.319 e. The first-order valence-corrected chi connectivity index (χ1v) is 18.5. The van der Waals surface area contributed by atoms with Crippen LogP contribution in [-0.2, 0) is 9.53 Å². The number of anilines is 1. The molecule has 3 saturated heterocycles. The Labute approximate surface area is 302 Å². The monoisotopic (exact) mass is 710 g/mol. The summed E-state index contributed by atoms with van der Waals surface area (Å²) in [6.45, 7) is 8.32. The van der Waals surface area contributed by atoms with Crippen LogP contribution in [0, 0.1) is 35.3 Å². The number of phenols is 1. The lowest BCUT2D eigenvalue weighted by atomic mass is 9.75. The maximum absolute atomic E-state index is 17.0. The number of aromatic nitrogens is 3. The molecule has 4 aromatic rings. The van der Waals surface area contributed by atoms with Gasteiger partial charge in [-0.15, -0.1) is 6.42 Å². The third-order valence-corrected chi connectivity index (χ3v) is 11.6. The topological polar surface area (TPSA) is 104 Å². The Balaban J connectivity index is 1.15. The van der Waals surface area contributed by atoms with Gasteiger partial charge in [0.2, 0.25) is 5.91 Å². The first-order chi connectivity index (χ1) is 25.3. The van der Waals surface area contributed by atoms with Crippen LogP contribution in [0.2, 0.25) is 0 Å². The number of pyridine rings is 1. The van der Waals surface area contributed by atoms with Gasteiger partial charge in [-0.2, -0.15) is 9.97 Å². The zero-order chi connectivity index (χ0) is 36.0. The van der Waals surface area contributed by atoms with Crippen molar-refractivity contribution in [2.45, 2.75) is 57.9 Å². The molecule has 2 aromatic heterocycles. The summed E-state index contributed by atoms with van der Waals surface area (Å²) in [6, 6.07) is 5.99. The zero-order valence-corrected chi connectivity index (χ0v) is 29.5. The molecule has 12 heteroatoms. The highest BCUT2D eigenvalue weighted by molar-refractivity contribution is 6.03. The molecule has 272 valence electrons. The molecule has 52 heavy (non-hydrogen) atoms. The molecule has 0 radical (unpaired) electrons. The third kappa shape index (κ3) is 6.17. The fraction of sp³-hybridized carbons (Fsp3) is 0.500. The fourth-order valence-corrected chi connectivity index (χ4v) is 9.11. The number of halogens is 2. The maximum atomic E-state index is 17.0. The van der Waals surface area contributed by atoms with Gasteiger partial charge in [-0.05, 0) is 62.2 Å². The summed E-state index contributed by atoms with van der Waals surface area (Å²) >= 11 is 0. The standard InChI is InChI=1S/C40H44F2N6O4/c1-3-28-31(41)10-9-26-18-27(49)19-29(34(26)28)36-35(42)37-30(20-43-36)38(46-14-7-16-51-17-15-46)45-39(44-37)52-24-40-11-5-8-32(40)47(13-6-12-40)21-25-22-48(23-25)33(50)4-2/h1,9-10,18-20,25,32,49H,4-8,11-17,21-24H2,2H3/t32-,40-/m1/s1. The second kappa shape index (κ2) is 14.1. The van der Waals surface area contributed by atoms with E-state index in [-0.39, 0.29) is 50.8 Å². The van der Waals surface area contributed by atoms with Gasteiger partial charge in [0, 0.05) is 80.3 Å². The molecule has 4 fully saturated rings. The van der Waals surface area contributed by atoms with Gasteiger partial charge in [0.15, 0.2) is 5.82 Å². The molecule has 2 aromatic carbocycles. The number of fused-ring (bicyclic) bond motifs is 3. The number of carbonyl (C=O) groups excluding carboxylic acids is 1. The molecular weight excluding hydrogens is 666 g/mol. The van der Waals surface area contributed by atoms with Crippen molar-refractivity contribution in [2.24, 2.45) is 11.3 Å². The van der Waals surface area contributed by atoms with Crippen molar-refractivity contribution in [1.29, 1.82) is 0 Å². The average Bonchev–Trinajstić information content (AvgIpc) is 3.38. The molecule has 8 rings (SSSR count). The molecule has 0 unspecified atom stereocenters. The summed E-state index contributed by atoms with van der Waals surface area (Å²) < 4.78 is 44.2. The van der Waals surface area contributed by atoms with E-state index in [2.05, 4.69) is 25.7 Å². The number of ether oxygens (including phenoxy) is 2. The third-order valence-electron chi connectivity index (χ3n) is 11.6. The summed E-state index contributed by atoms with van der Waals surface area (Å²) in [7, 11) is 0. The second-order valence-electron chi connectivity index (χ2n) is 14.8. The van der Waals surface area contributed by atoms with E-state index in [9.17, 15) is 14.3 Å². The predicted octanol–water partition coefficient (Wildman–Crippen LogP) is 5.92. The lowest BCUT2D eigenvalue weighted by Crippen LogP contribution is -2.58. The molecule has 10 nitrogen and oxygen atoms in total. The molecule has 4 aliphatic rings. The van der Waals surface area contributed by atoms with Crippen molar-refractivity contribution in [3.63, 3.8) is 0 Å². The number of piperidine rings is 1. The molecule has 1 amide bonds. The van der Waals surface area contributed by atoms with E-state index in [1.54, 1.807) is 0 Å². The lowest BCUT2D eigenvalue weighted by Gasteiger charge is -2.49. The van der Waals surface area contributed by atoms with Crippen LogP contribution in [-0.4, -0.2) is 101 Å². The number of nitrogens with zero attached hydrogens (tertiary/aromatic N) is 6. The van der Waals surface area contributed by atoms with Crippen LogP contribution in [0.1, 0.15) is 57.4 Å². The van der Waals surface area contributed by atoms with Crippen molar-refractivity contribution in [3.05, 3.63) is 47.7 Å². The van der Waals surface area contributed by atoms with E-state index in [1.807, 2.05) is 11.8 Å². The van der Waals surface area contributed by atoms with E-state index in [0.717, 1.165) is 64.7 Å². The van der Waals surface area contributed by atoms with Gasteiger partial charge in [-0.1, -0.05) is 25.3 Å². The van der Waals surface area contributed by atoms with Crippen LogP contribution in [0.25, 0.3) is 32.9 Å².